The molecule has 0 aromatic heterocycles. The molecule has 2 amide bonds. The summed E-state index contributed by atoms with van der Waals surface area (Å²) in [6.07, 6.45) is 5.24. The fraction of sp³-hybridized carbons (Fsp3) is 0.619. The molecule has 0 unspecified atom stereocenters. The normalized spacial score (nSPS) is 22.4. The molecule has 0 atom stereocenters. The van der Waals surface area contributed by atoms with Crippen LogP contribution < -0.4 is 20.5 Å². The van der Waals surface area contributed by atoms with Crippen molar-refractivity contribution >= 4 is 24.2 Å². The second kappa shape index (κ2) is 10.7. The van der Waals surface area contributed by atoms with Gasteiger partial charge < -0.3 is 25.4 Å². The number of amides is 2. The van der Waals surface area contributed by atoms with E-state index in [0.29, 0.717) is 43.0 Å². The number of nitrogens with one attached hydrogen (secondary N) is 1. The van der Waals surface area contributed by atoms with Gasteiger partial charge in [-0.25, -0.2) is 0 Å². The van der Waals surface area contributed by atoms with Crippen LogP contribution in [-0.4, -0.2) is 56.1 Å². The summed E-state index contributed by atoms with van der Waals surface area (Å²) >= 11 is 0. The van der Waals surface area contributed by atoms with Gasteiger partial charge in [0, 0.05) is 42.7 Å². The molecule has 2 fully saturated rings. The number of likely N-dealkylation sites (tertiary alicyclic amines) is 1. The van der Waals surface area contributed by atoms with Crippen molar-refractivity contribution in [3.63, 3.8) is 0 Å². The van der Waals surface area contributed by atoms with Gasteiger partial charge in [-0.2, -0.15) is 0 Å². The summed E-state index contributed by atoms with van der Waals surface area (Å²) in [5.41, 5.74) is 6.47. The van der Waals surface area contributed by atoms with E-state index in [2.05, 4.69) is 5.32 Å². The van der Waals surface area contributed by atoms with E-state index in [4.69, 9.17) is 15.2 Å². The number of ether oxygens (including phenoxy) is 2. The van der Waals surface area contributed by atoms with Crippen molar-refractivity contribution < 1.29 is 19.1 Å². The maximum Gasteiger partial charge on any atom is 0.254 e. The molecule has 7 nitrogen and oxygen atoms in total. The van der Waals surface area contributed by atoms with Crippen molar-refractivity contribution in [1.82, 2.24) is 10.2 Å². The monoisotopic (exact) mass is 425 g/mol. The Balaban J connectivity index is 0.00000300. The average molecular weight is 426 g/mol. The first kappa shape index (κ1) is 23.3. The van der Waals surface area contributed by atoms with E-state index < -0.39 is 0 Å². The molecule has 0 radical (unpaired) electrons. The summed E-state index contributed by atoms with van der Waals surface area (Å²) in [5.74, 6) is 1.21. The van der Waals surface area contributed by atoms with Crippen molar-refractivity contribution in [1.29, 1.82) is 0 Å². The van der Waals surface area contributed by atoms with Gasteiger partial charge in [-0.05, 0) is 50.7 Å². The average Bonchev–Trinajstić information content (AvgIpc) is 2.74. The minimum absolute atomic E-state index is 0. The Bertz CT molecular complexity index is 677. The first-order valence-corrected chi connectivity index (χ1v) is 10.1. The highest BCUT2D eigenvalue weighted by molar-refractivity contribution is 5.95. The van der Waals surface area contributed by atoms with E-state index in [1.807, 2.05) is 0 Å². The minimum Gasteiger partial charge on any atom is -0.497 e. The van der Waals surface area contributed by atoms with Crippen molar-refractivity contribution in [3.8, 4) is 11.5 Å². The number of methoxy groups -OCH3 is 2. The zero-order valence-electron chi connectivity index (χ0n) is 17.2. The Morgan fingerprint density at radius 1 is 0.966 bits per heavy atom. The van der Waals surface area contributed by atoms with Crippen molar-refractivity contribution in [2.24, 2.45) is 11.7 Å². The number of hydrogen-bond donors (Lipinski definition) is 2. The molecule has 1 aromatic rings. The molecule has 0 bridgehead atoms. The van der Waals surface area contributed by atoms with Crippen LogP contribution in [0.25, 0.3) is 0 Å². The molecular weight excluding hydrogens is 394 g/mol. The summed E-state index contributed by atoms with van der Waals surface area (Å²) in [6, 6.07) is 5.70. The van der Waals surface area contributed by atoms with E-state index in [-0.39, 0.29) is 42.2 Å². The van der Waals surface area contributed by atoms with Crippen LogP contribution in [0.2, 0.25) is 0 Å². The SMILES string of the molecule is COc1cc(OC)cc(C(=O)N2CCC(C(=O)NC3CCC(N)CC3)CC2)c1.Cl. The maximum atomic E-state index is 12.9. The lowest BCUT2D eigenvalue weighted by Crippen LogP contribution is -2.46. The van der Waals surface area contributed by atoms with Crippen molar-refractivity contribution in [3.05, 3.63) is 23.8 Å². The highest BCUT2D eigenvalue weighted by Crippen LogP contribution is 2.26. The quantitative estimate of drug-likeness (QED) is 0.755. The van der Waals surface area contributed by atoms with Crippen LogP contribution in [0.5, 0.6) is 11.5 Å². The number of nitrogens with zero attached hydrogens (tertiary/aromatic N) is 1. The molecule has 1 saturated heterocycles. The van der Waals surface area contributed by atoms with Crippen molar-refractivity contribution in [2.45, 2.75) is 50.6 Å². The zero-order chi connectivity index (χ0) is 20.1. The Morgan fingerprint density at radius 3 is 2.03 bits per heavy atom. The standard InChI is InChI=1S/C21H31N3O4.ClH/c1-27-18-11-15(12-19(13-18)28-2)21(26)24-9-7-14(8-10-24)20(25)23-17-5-3-16(22)4-6-17;/h11-14,16-17H,3-10,22H2,1-2H3,(H,23,25);1H. The number of benzene rings is 1. The van der Waals surface area contributed by atoms with Gasteiger partial charge >= 0.3 is 0 Å². The van der Waals surface area contributed by atoms with Gasteiger partial charge in [0.05, 0.1) is 14.2 Å². The molecule has 8 heteroatoms. The highest BCUT2D eigenvalue weighted by Gasteiger charge is 2.30. The number of hydrogen-bond acceptors (Lipinski definition) is 5. The molecular formula is C21H32ClN3O4. The predicted molar refractivity (Wildman–Crippen MR) is 114 cm³/mol. The Kier molecular flexibility index (Phi) is 8.59. The summed E-state index contributed by atoms with van der Waals surface area (Å²) in [7, 11) is 3.13. The molecule has 3 N–H and O–H groups in total. The number of piperidine rings is 1. The number of rotatable bonds is 5. The smallest absolute Gasteiger partial charge is 0.254 e. The van der Waals surface area contributed by atoms with Crippen LogP contribution in [0.15, 0.2) is 18.2 Å². The first-order valence-electron chi connectivity index (χ1n) is 10.1. The second-order valence-electron chi connectivity index (χ2n) is 7.79. The molecule has 1 aromatic carbocycles. The minimum atomic E-state index is -0.0580. The molecule has 1 aliphatic heterocycles. The maximum absolute atomic E-state index is 12.9. The third kappa shape index (κ3) is 6.00. The van der Waals surface area contributed by atoms with Crippen LogP contribution in [0, 0.1) is 5.92 Å². The number of nitrogens with two attached hydrogens (primary N) is 1. The van der Waals surface area contributed by atoms with Crippen LogP contribution in [0.3, 0.4) is 0 Å². The van der Waals surface area contributed by atoms with Gasteiger partial charge in [0.2, 0.25) is 5.91 Å². The first-order chi connectivity index (χ1) is 13.5. The van der Waals surface area contributed by atoms with E-state index in [9.17, 15) is 9.59 Å². The fourth-order valence-electron chi connectivity index (χ4n) is 4.04. The van der Waals surface area contributed by atoms with Crippen molar-refractivity contribution in [2.75, 3.05) is 27.3 Å². The van der Waals surface area contributed by atoms with Crippen LogP contribution in [0.4, 0.5) is 0 Å². The van der Waals surface area contributed by atoms with Gasteiger partial charge in [0.25, 0.3) is 5.91 Å². The van der Waals surface area contributed by atoms with E-state index in [1.54, 1.807) is 37.3 Å². The lowest BCUT2D eigenvalue weighted by Gasteiger charge is -2.33. The van der Waals surface area contributed by atoms with Gasteiger partial charge in [-0.3, -0.25) is 9.59 Å². The number of halogens is 1. The molecule has 1 heterocycles. The summed E-state index contributed by atoms with van der Waals surface area (Å²) in [4.78, 5) is 27.2. The van der Waals surface area contributed by atoms with Crippen LogP contribution in [0.1, 0.15) is 48.9 Å². The van der Waals surface area contributed by atoms with E-state index in [1.165, 1.54) is 0 Å². The fourth-order valence-corrected chi connectivity index (χ4v) is 4.04. The second-order valence-corrected chi connectivity index (χ2v) is 7.79. The number of carbonyl (C=O) groups excluding carboxylic acids is 2. The number of carbonyl (C=O) groups is 2. The van der Waals surface area contributed by atoms with Gasteiger partial charge in [0.1, 0.15) is 11.5 Å². The van der Waals surface area contributed by atoms with Gasteiger partial charge in [-0.1, -0.05) is 0 Å². The zero-order valence-corrected chi connectivity index (χ0v) is 18.0. The molecule has 162 valence electrons. The van der Waals surface area contributed by atoms with E-state index in [0.717, 1.165) is 25.7 Å². The summed E-state index contributed by atoms with van der Waals surface area (Å²) in [5, 5.41) is 3.18. The lowest BCUT2D eigenvalue weighted by molar-refractivity contribution is -0.127. The molecule has 2 aliphatic rings. The largest absolute Gasteiger partial charge is 0.497 e. The van der Waals surface area contributed by atoms with E-state index >= 15 is 0 Å². The third-order valence-corrected chi connectivity index (χ3v) is 5.87. The summed E-state index contributed by atoms with van der Waals surface area (Å²) in [6.45, 7) is 1.15. The molecule has 29 heavy (non-hydrogen) atoms. The Labute approximate surface area is 178 Å². The van der Waals surface area contributed by atoms with Gasteiger partial charge in [-0.15, -0.1) is 12.4 Å². The topological polar surface area (TPSA) is 93.9 Å². The third-order valence-electron chi connectivity index (χ3n) is 5.87. The van der Waals surface area contributed by atoms with Crippen LogP contribution in [-0.2, 0) is 4.79 Å². The predicted octanol–water partition coefficient (Wildman–Crippen LogP) is 2.36. The molecule has 1 aliphatic carbocycles. The van der Waals surface area contributed by atoms with Crippen LogP contribution >= 0.6 is 12.4 Å². The molecule has 1 saturated carbocycles. The lowest BCUT2D eigenvalue weighted by atomic mass is 9.90. The molecule has 3 rings (SSSR count). The summed E-state index contributed by atoms with van der Waals surface area (Å²) < 4.78 is 10.5. The highest BCUT2D eigenvalue weighted by atomic mass is 35.5. The molecule has 0 spiro atoms. The van der Waals surface area contributed by atoms with Gasteiger partial charge in [0.15, 0.2) is 0 Å². The Morgan fingerprint density at radius 2 is 1.52 bits per heavy atom. The Hall–Kier alpha value is -1.99.